The molecule has 0 aliphatic carbocycles. The number of methoxy groups -OCH3 is 1. The summed E-state index contributed by atoms with van der Waals surface area (Å²) < 4.78 is 31.8. The molecule has 1 fully saturated rings. The van der Waals surface area contributed by atoms with Crippen molar-refractivity contribution >= 4 is 21.8 Å². The normalized spacial score (nSPS) is 19.1. The number of sulfonamides is 1. The molecule has 1 unspecified atom stereocenters. The van der Waals surface area contributed by atoms with Gasteiger partial charge in [-0.1, -0.05) is 0 Å². The SMILES string of the molecule is COc1ccc(S(=O)(=O)NC2CC(=O)N(C(C)C)C2=O)cc1. The van der Waals surface area contributed by atoms with Gasteiger partial charge < -0.3 is 4.74 Å². The molecule has 1 N–H and O–H groups in total. The van der Waals surface area contributed by atoms with Gasteiger partial charge in [-0.2, -0.15) is 4.72 Å². The first-order valence-corrected chi connectivity index (χ1v) is 8.27. The summed E-state index contributed by atoms with van der Waals surface area (Å²) in [7, 11) is -2.40. The summed E-state index contributed by atoms with van der Waals surface area (Å²) in [6, 6.07) is 4.43. The molecule has 22 heavy (non-hydrogen) atoms. The van der Waals surface area contributed by atoms with E-state index in [2.05, 4.69) is 4.72 Å². The summed E-state index contributed by atoms with van der Waals surface area (Å²) in [6.45, 7) is 3.41. The monoisotopic (exact) mass is 326 g/mol. The fourth-order valence-electron chi connectivity index (χ4n) is 2.30. The Morgan fingerprint density at radius 1 is 1.23 bits per heavy atom. The minimum absolute atomic E-state index is 0.0107. The van der Waals surface area contributed by atoms with Crippen LogP contribution < -0.4 is 9.46 Å². The maximum Gasteiger partial charge on any atom is 0.248 e. The lowest BCUT2D eigenvalue weighted by Gasteiger charge is -2.19. The Balaban J connectivity index is 2.18. The second kappa shape index (κ2) is 6.05. The minimum atomic E-state index is -3.88. The Morgan fingerprint density at radius 2 is 1.82 bits per heavy atom. The van der Waals surface area contributed by atoms with Gasteiger partial charge in [-0.3, -0.25) is 14.5 Å². The molecular weight excluding hydrogens is 308 g/mol. The topological polar surface area (TPSA) is 92.8 Å². The second-order valence-electron chi connectivity index (χ2n) is 5.25. The summed E-state index contributed by atoms with van der Waals surface area (Å²) in [6.07, 6.45) is -0.160. The minimum Gasteiger partial charge on any atom is -0.497 e. The molecule has 0 radical (unpaired) electrons. The van der Waals surface area contributed by atoms with E-state index in [9.17, 15) is 18.0 Å². The van der Waals surface area contributed by atoms with Crippen molar-refractivity contribution in [2.45, 2.75) is 37.2 Å². The van der Waals surface area contributed by atoms with Gasteiger partial charge in [0.15, 0.2) is 0 Å². The van der Waals surface area contributed by atoms with Crippen molar-refractivity contribution in [3.63, 3.8) is 0 Å². The maximum absolute atomic E-state index is 12.3. The van der Waals surface area contributed by atoms with Crippen molar-refractivity contribution in [3.05, 3.63) is 24.3 Å². The van der Waals surface area contributed by atoms with Gasteiger partial charge in [0.05, 0.1) is 18.4 Å². The third-order valence-electron chi connectivity index (χ3n) is 3.37. The van der Waals surface area contributed by atoms with Crippen LogP contribution in [-0.4, -0.2) is 44.3 Å². The largest absolute Gasteiger partial charge is 0.497 e. The number of amides is 2. The summed E-state index contributed by atoms with van der Waals surface area (Å²) in [5, 5.41) is 0. The molecule has 0 saturated carbocycles. The van der Waals surface area contributed by atoms with Crippen molar-refractivity contribution < 1.29 is 22.7 Å². The highest BCUT2D eigenvalue weighted by molar-refractivity contribution is 7.89. The number of nitrogens with zero attached hydrogens (tertiary/aromatic N) is 1. The molecule has 1 aliphatic rings. The first kappa shape index (κ1) is 16.4. The van der Waals surface area contributed by atoms with Crippen LogP contribution >= 0.6 is 0 Å². The number of likely N-dealkylation sites (tertiary alicyclic amines) is 1. The van der Waals surface area contributed by atoms with E-state index in [1.165, 1.54) is 31.4 Å². The van der Waals surface area contributed by atoms with E-state index in [1.54, 1.807) is 13.8 Å². The number of nitrogens with one attached hydrogen (secondary N) is 1. The Kier molecular flexibility index (Phi) is 4.52. The van der Waals surface area contributed by atoms with Crippen molar-refractivity contribution in [1.82, 2.24) is 9.62 Å². The van der Waals surface area contributed by atoms with Crippen LogP contribution in [0.3, 0.4) is 0 Å². The van der Waals surface area contributed by atoms with Crippen molar-refractivity contribution in [3.8, 4) is 5.75 Å². The van der Waals surface area contributed by atoms with E-state index >= 15 is 0 Å². The highest BCUT2D eigenvalue weighted by Crippen LogP contribution is 2.20. The van der Waals surface area contributed by atoms with Crippen LogP contribution in [0.5, 0.6) is 5.75 Å². The third-order valence-corrected chi connectivity index (χ3v) is 4.85. The van der Waals surface area contributed by atoms with E-state index in [0.717, 1.165) is 4.90 Å². The molecule has 1 aromatic carbocycles. The summed E-state index contributed by atoms with van der Waals surface area (Å²) in [4.78, 5) is 25.0. The zero-order valence-electron chi connectivity index (χ0n) is 12.6. The predicted molar refractivity (Wildman–Crippen MR) is 78.7 cm³/mol. The fraction of sp³-hybridized carbons (Fsp3) is 0.429. The lowest BCUT2D eigenvalue weighted by molar-refractivity contribution is -0.140. The molecule has 1 heterocycles. The highest BCUT2D eigenvalue weighted by Gasteiger charge is 2.41. The fourth-order valence-corrected chi connectivity index (χ4v) is 3.49. The zero-order valence-corrected chi connectivity index (χ0v) is 13.4. The molecule has 1 aromatic rings. The Morgan fingerprint density at radius 3 is 2.27 bits per heavy atom. The zero-order chi connectivity index (χ0) is 16.5. The van der Waals surface area contributed by atoms with Crippen molar-refractivity contribution in [1.29, 1.82) is 0 Å². The average Bonchev–Trinajstić information content (AvgIpc) is 2.72. The second-order valence-corrected chi connectivity index (χ2v) is 6.96. The maximum atomic E-state index is 12.3. The molecule has 0 aromatic heterocycles. The number of benzene rings is 1. The van der Waals surface area contributed by atoms with Gasteiger partial charge >= 0.3 is 0 Å². The quantitative estimate of drug-likeness (QED) is 0.796. The number of carbonyl (C=O) groups is 2. The van der Waals surface area contributed by atoms with Crippen molar-refractivity contribution in [2.75, 3.05) is 7.11 Å². The van der Waals surface area contributed by atoms with Crippen LogP contribution in [-0.2, 0) is 19.6 Å². The van der Waals surface area contributed by atoms with E-state index in [-0.39, 0.29) is 23.3 Å². The van der Waals surface area contributed by atoms with E-state index in [4.69, 9.17) is 4.74 Å². The molecule has 8 heteroatoms. The number of imide groups is 1. The first-order valence-electron chi connectivity index (χ1n) is 6.78. The Labute approximate surface area is 129 Å². The Bertz CT molecular complexity index is 682. The average molecular weight is 326 g/mol. The molecular formula is C14H18N2O5S. The predicted octanol–water partition coefficient (Wildman–Crippen LogP) is 0.509. The van der Waals surface area contributed by atoms with Gasteiger partial charge in [0, 0.05) is 6.04 Å². The van der Waals surface area contributed by atoms with Crippen LogP contribution in [0.1, 0.15) is 20.3 Å². The molecule has 7 nitrogen and oxygen atoms in total. The molecule has 1 saturated heterocycles. The summed E-state index contributed by atoms with van der Waals surface area (Å²) in [5.41, 5.74) is 0. The van der Waals surface area contributed by atoms with Crippen LogP contribution in [0, 0.1) is 0 Å². The molecule has 0 bridgehead atoms. The molecule has 0 spiro atoms. The third kappa shape index (κ3) is 3.12. The molecule has 1 aliphatic heterocycles. The van der Waals surface area contributed by atoms with Crippen LogP contribution in [0.4, 0.5) is 0 Å². The molecule has 2 rings (SSSR count). The van der Waals surface area contributed by atoms with E-state index in [1.807, 2.05) is 0 Å². The van der Waals surface area contributed by atoms with Gasteiger partial charge in [-0.25, -0.2) is 8.42 Å². The van der Waals surface area contributed by atoms with Gasteiger partial charge in [0.25, 0.3) is 0 Å². The molecule has 2 amide bonds. The number of rotatable bonds is 5. The smallest absolute Gasteiger partial charge is 0.248 e. The number of hydrogen-bond acceptors (Lipinski definition) is 5. The molecule has 120 valence electrons. The van der Waals surface area contributed by atoms with Crippen LogP contribution in [0.25, 0.3) is 0 Å². The van der Waals surface area contributed by atoms with Gasteiger partial charge in [0.1, 0.15) is 11.8 Å². The molecule has 1 atom stereocenters. The van der Waals surface area contributed by atoms with Crippen LogP contribution in [0.15, 0.2) is 29.2 Å². The first-order chi connectivity index (χ1) is 10.3. The standard InChI is InChI=1S/C14H18N2O5S/c1-9(2)16-13(17)8-12(14(16)18)15-22(19,20)11-6-4-10(21-3)5-7-11/h4-7,9,12,15H,8H2,1-3H3. The number of carbonyl (C=O) groups excluding carboxylic acids is 2. The van der Waals surface area contributed by atoms with Gasteiger partial charge in [-0.05, 0) is 38.1 Å². The number of ether oxygens (including phenoxy) is 1. The van der Waals surface area contributed by atoms with Gasteiger partial charge in [0.2, 0.25) is 21.8 Å². The van der Waals surface area contributed by atoms with Gasteiger partial charge in [-0.15, -0.1) is 0 Å². The number of hydrogen-bond donors (Lipinski definition) is 1. The van der Waals surface area contributed by atoms with E-state index < -0.39 is 22.0 Å². The van der Waals surface area contributed by atoms with Crippen LogP contribution in [0.2, 0.25) is 0 Å². The Hall–Kier alpha value is -1.93. The lowest BCUT2D eigenvalue weighted by atomic mass is 10.3. The lowest BCUT2D eigenvalue weighted by Crippen LogP contribution is -2.43. The summed E-state index contributed by atoms with van der Waals surface area (Å²) >= 11 is 0. The van der Waals surface area contributed by atoms with Crippen molar-refractivity contribution in [2.24, 2.45) is 0 Å². The highest BCUT2D eigenvalue weighted by atomic mass is 32.2. The van der Waals surface area contributed by atoms with E-state index in [0.29, 0.717) is 5.75 Å². The summed E-state index contributed by atoms with van der Waals surface area (Å²) in [5.74, 6) is -0.364.